The van der Waals surface area contributed by atoms with E-state index >= 15 is 0 Å². The summed E-state index contributed by atoms with van der Waals surface area (Å²) in [4.78, 5) is 9.58. The van der Waals surface area contributed by atoms with E-state index in [-0.39, 0.29) is 12.2 Å². The van der Waals surface area contributed by atoms with Gasteiger partial charge in [0.1, 0.15) is 6.07 Å². The summed E-state index contributed by atoms with van der Waals surface area (Å²) in [7, 11) is 0. The summed E-state index contributed by atoms with van der Waals surface area (Å²) in [6.45, 7) is 7.40. The molecule has 1 saturated carbocycles. The highest BCUT2D eigenvalue weighted by molar-refractivity contribution is 5.95. The zero-order chi connectivity index (χ0) is 21.9. The molecule has 0 bridgehead atoms. The summed E-state index contributed by atoms with van der Waals surface area (Å²) in [5.74, 6) is 1.94. The van der Waals surface area contributed by atoms with Crippen LogP contribution >= 0.6 is 0 Å². The third kappa shape index (κ3) is 4.63. The lowest BCUT2D eigenvalue weighted by Crippen LogP contribution is -2.52. The molecule has 170 valence electrons. The van der Waals surface area contributed by atoms with Crippen molar-refractivity contribution in [1.29, 1.82) is 5.26 Å². The van der Waals surface area contributed by atoms with Crippen LogP contribution in [0.1, 0.15) is 57.4 Å². The Bertz CT molecular complexity index is 956. The molecule has 3 aliphatic rings. The van der Waals surface area contributed by atoms with E-state index in [2.05, 4.69) is 39.9 Å². The molecule has 0 unspecified atom stereocenters. The second-order valence-corrected chi connectivity index (χ2v) is 10.2. The molecule has 5 heteroatoms. The Morgan fingerprint density at radius 1 is 1.03 bits per heavy atom. The number of piperidine rings is 1. The maximum Gasteiger partial charge on any atom is 0.101 e. The monoisotopic (exact) mass is 432 g/mol. The van der Waals surface area contributed by atoms with Gasteiger partial charge < -0.3 is 14.5 Å². The number of benzene rings is 1. The molecular formula is C27H36N4O. The first kappa shape index (κ1) is 21.7. The highest BCUT2D eigenvalue weighted by Crippen LogP contribution is 2.36. The van der Waals surface area contributed by atoms with E-state index in [1.807, 2.05) is 12.1 Å². The van der Waals surface area contributed by atoms with E-state index in [0.717, 1.165) is 42.4 Å². The molecule has 0 radical (unpaired) electrons. The number of rotatable bonds is 4. The van der Waals surface area contributed by atoms with E-state index in [0.29, 0.717) is 5.56 Å². The van der Waals surface area contributed by atoms with E-state index in [1.54, 1.807) is 6.20 Å². The average Bonchev–Trinajstić information content (AvgIpc) is 2.84. The number of ether oxygens (including phenoxy) is 1. The molecule has 1 aromatic heterocycles. The van der Waals surface area contributed by atoms with Gasteiger partial charge in [-0.25, -0.2) is 0 Å². The Morgan fingerprint density at radius 3 is 2.59 bits per heavy atom. The molecule has 2 atom stereocenters. The third-order valence-corrected chi connectivity index (χ3v) is 7.94. The molecule has 0 spiro atoms. The van der Waals surface area contributed by atoms with Gasteiger partial charge in [0.25, 0.3) is 0 Å². The number of aromatic nitrogens is 1. The topological polar surface area (TPSA) is 52.4 Å². The molecule has 0 amide bonds. The summed E-state index contributed by atoms with van der Waals surface area (Å²) in [5, 5.41) is 10.5. The lowest BCUT2D eigenvalue weighted by atomic mass is 9.76. The second kappa shape index (κ2) is 9.77. The zero-order valence-corrected chi connectivity index (χ0v) is 19.4. The normalized spacial score (nSPS) is 26.3. The molecule has 3 heterocycles. The molecule has 1 aliphatic carbocycles. The largest absolute Gasteiger partial charge is 0.370 e. The third-order valence-electron chi connectivity index (χ3n) is 7.94. The standard InChI is InChI=1S/C27H36N4O/c1-20-17-31(26-10-9-23(16-28)27-25(26)8-5-13-29-27)19-24(32-20)18-30-14-11-22(12-15-30)21-6-3-2-4-7-21/h5,8-10,13,20-22,24H,2-4,6-7,11-12,14-15,17-19H2,1H3/t20-,24+/m1/s1. The number of nitriles is 1. The first-order chi connectivity index (χ1) is 15.7. The molecule has 0 N–H and O–H groups in total. The van der Waals surface area contributed by atoms with Crippen LogP contribution in [0.2, 0.25) is 0 Å². The number of morpholine rings is 1. The molecule has 2 aromatic rings. The van der Waals surface area contributed by atoms with Crippen LogP contribution in [-0.4, -0.2) is 54.8 Å². The number of fused-ring (bicyclic) bond motifs is 1. The first-order valence-corrected chi connectivity index (χ1v) is 12.6. The van der Waals surface area contributed by atoms with Crippen molar-refractivity contribution in [1.82, 2.24) is 9.88 Å². The molecule has 5 rings (SSSR count). The van der Waals surface area contributed by atoms with Crippen molar-refractivity contribution >= 4 is 16.6 Å². The van der Waals surface area contributed by atoms with Crippen molar-refractivity contribution in [3.8, 4) is 6.07 Å². The van der Waals surface area contributed by atoms with Crippen LogP contribution in [0, 0.1) is 23.2 Å². The first-order valence-electron chi connectivity index (χ1n) is 12.6. The van der Waals surface area contributed by atoms with Gasteiger partial charge in [-0.1, -0.05) is 32.1 Å². The summed E-state index contributed by atoms with van der Waals surface area (Å²) in [6.07, 6.45) is 12.2. The van der Waals surface area contributed by atoms with E-state index in [9.17, 15) is 5.26 Å². The Kier molecular flexibility index (Phi) is 6.62. The summed E-state index contributed by atoms with van der Waals surface area (Å²) >= 11 is 0. The molecular weight excluding hydrogens is 396 g/mol. The summed E-state index contributed by atoms with van der Waals surface area (Å²) in [6, 6.07) is 10.3. The number of hydrogen-bond acceptors (Lipinski definition) is 5. The predicted octanol–water partition coefficient (Wildman–Crippen LogP) is 4.99. The van der Waals surface area contributed by atoms with Gasteiger partial charge in [0.2, 0.25) is 0 Å². The Labute approximate surface area is 192 Å². The van der Waals surface area contributed by atoms with Crippen LogP contribution in [0.5, 0.6) is 0 Å². The fraction of sp³-hybridized carbons (Fsp3) is 0.630. The lowest BCUT2D eigenvalue weighted by Gasteiger charge is -2.42. The van der Waals surface area contributed by atoms with Crippen molar-refractivity contribution in [3.63, 3.8) is 0 Å². The second-order valence-electron chi connectivity index (χ2n) is 10.2. The zero-order valence-electron chi connectivity index (χ0n) is 19.4. The number of pyridine rings is 1. The van der Waals surface area contributed by atoms with Gasteiger partial charge in [0.15, 0.2) is 0 Å². The van der Waals surface area contributed by atoms with Crippen molar-refractivity contribution in [2.75, 3.05) is 37.6 Å². The fourth-order valence-corrected chi connectivity index (χ4v) is 6.37. The maximum atomic E-state index is 9.48. The minimum Gasteiger partial charge on any atom is -0.370 e. The Morgan fingerprint density at radius 2 is 1.81 bits per heavy atom. The fourth-order valence-electron chi connectivity index (χ4n) is 6.37. The Hall–Kier alpha value is -2.16. The Balaban J connectivity index is 1.24. The van der Waals surface area contributed by atoms with E-state index in [4.69, 9.17) is 4.74 Å². The van der Waals surface area contributed by atoms with Crippen LogP contribution in [0.3, 0.4) is 0 Å². The molecule has 5 nitrogen and oxygen atoms in total. The van der Waals surface area contributed by atoms with Gasteiger partial charge in [-0.3, -0.25) is 4.98 Å². The minimum atomic E-state index is 0.191. The van der Waals surface area contributed by atoms with Crippen LogP contribution < -0.4 is 4.90 Å². The lowest BCUT2D eigenvalue weighted by molar-refractivity contribution is -0.0376. The molecule has 3 fully saturated rings. The predicted molar refractivity (Wildman–Crippen MR) is 129 cm³/mol. The molecule has 1 aromatic carbocycles. The van der Waals surface area contributed by atoms with Crippen molar-refractivity contribution in [2.45, 2.75) is 64.1 Å². The van der Waals surface area contributed by atoms with Crippen LogP contribution in [-0.2, 0) is 4.74 Å². The number of hydrogen-bond donors (Lipinski definition) is 0. The molecule has 2 saturated heterocycles. The van der Waals surface area contributed by atoms with Crippen molar-refractivity contribution < 1.29 is 4.74 Å². The van der Waals surface area contributed by atoms with Crippen LogP contribution in [0.15, 0.2) is 30.5 Å². The minimum absolute atomic E-state index is 0.191. The van der Waals surface area contributed by atoms with Gasteiger partial charge in [-0.2, -0.15) is 5.26 Å². The molecule has 2 aliphatic heterocycles. The highest BCUT2D eigenvalue weighted by atomic mass is 16.5. The number of likely N-dealkylation sites (tertiary alicyclic amines) is 1. The van der Waals surface area contributed by atoms with Gasteiger partial charge in [0, 0.05) is 36.9 Å². The van der Waals surface area contributed by atoms with Crippen LogP contribution in [0.4, 0.5) is 5.69 Å². The smallest absolute Gasteiger partial charge is 0.101 e. The number of anilines is 1. The van der Waals surface area contributed by atoms with Crippen LogP contribution in [0.25, 0.3) is 10.9 Å². The number of nitrogens with zero attached hydrogens (tertiary/aromatic N) is 4. The van der Waals surface area contributed by atoms with E-state index in [1.165, 1.54) is 63.7 Å². The van der Waals surface area contributed by atoms with Crippen molar-refractivity contribution in [2.24, 2.45) is 11.8 Å². The highest BCUT2D eigenvalue weighted by Gasteiger charge is 2.31. The average molecular weight is 433 g/mol. The quantitative estimate of drug-likeness (QED) is 0.681. The maximum absolute atomic E-state index is 9.48. The van der Waals surface area contributed by atoms with Gasteiger partial charge in [0.05, 0.1) is 23.3 Å². The van der Waals surface area contributed by atoms with Gasteiger partial charge in [-0.05, 0) is 69.0 Å². The van der Waals surface area contributed by atoms with Gasteiger partial charge >= 0.3 is 0 Å². The molecule has 32 heavy (non-hydrogen) atoms. The summed E-state index contributed by atoms with van der Waals surface area (Å²) in [5.41, 5.74) is 2.61. The SMILES string of the molecule is C[C@@H]1CN(c2ccc(C#N)c3ncccc23)C[C@H](CN2CCC(C3CCCCC3)CC2)O1. The van der Waals surface area contributed by atoms with E-state index < -0.39 is 0 Å². The van der Waals surface area contributed by atoms with Gasteiger partial charge in [-0.15, -0.1) is 0 Å². The summed E-state index contributed by atoms with van der Waals surface area (Å²) < 4.78 is 6.39. The van der Waals surface area contributed by atoms with Crippen molar-refractivity contribution in [3.05, 3.63) is 36.0 Å².